The van der Waals surface area contributed by atoms with Crippen LogP contribution in [-0.4, -0.2) is 0 Å². The van der Waals surface area contributed by atoms with Crippen molar-refractivity contribution < 1.29 is 0 Å². The van der Waals surface area contributed by atoms with E-state index in [-0.39, 0.29) is 0 Å². The minimum Gasteiger partial charge on any atom is -0.0879 e. The quantitative estimate of drug-likeness (QED) is 0.460. The Hall–Kier alpha value is -0.780. The molecule has 1 rings (SSSR count). The molecule has 11 heavy (non-hydrogen) atoms. The maximum atomic E-state index is 2.29. The molecular weight excluding hydrogens is 132 g/mol. The molecule has 0 aromatic rings. The van der Waals surface area contributed by atoms with Crippen LogP contribution in [0.3, 0.4) is 0 Å². The van der Waals surface area contributed by atoms with Crippen LogP contribution in [-0.2, 0) is 0 Å². The highest BCUT2D eigenvalue weighted by Crippen LogP contribution is 2.01. The van der Waals surface area contributed by atoms with Crippen molar-refractivity contribution in [1.82, 2.24) is 0 Å². The number of rotatable bonds is 0. The van der Waals surface area contributed by atoms with Gasteiger partial charge < -0.3 is 0 Å². The molecule has 0 bridgehead atoms. The summed E-state index contributed by atoms with van der Waals surface area (Å²) in [7, 11) is 0. The average Bonchev–Trinajstić information content (AvgIpc) is 2.08. The molecule has 59 valence electrons. The van der Waals surface area contributed by atoms with Crippen molar-refractivity contribution in [2.24, 2.45) is 0 Å². The van der Waals surface area contributed by atoms with Crippen molar-refractivity contribution in [3.05, 3.63) is 42.9 Å². The van der Waals surface area contributed by atoms with E-state index in [0.717, 1.165) is 25.7 Å². The highest BCUT2D eigenvalue weighted by Gasteiger charge is 1.82. The largest absolute Gasteiger partial charge is 0.0879 e. The lowest BCUT2D eigenvalue weighted by Crippen LogP contribution is -1.69. The second kappa shape index (κ2) is 5.96. The summed E-state index contributed by atoms with van der Waals surface area (Å²) in [5.41, 5.74) is 0. The second-order valence-corrected chi connectivity index (χ2v) is 2.65. The Morgan fingerprint density at radius 1 is 0.455 bits per heavy atom. The molecule has 0 amide bonds. The summed E-state index contributed by atoms with van der Waals surface area (Å²) >= 11 is 0. The first-order valence-electron chi connectivity index (χ1n) is 4.27. The first kappa shape index (κ1) is 8.32. The first-order valence-corrected chi connectivity index (χ1v) is 4.27. The smallest absolute Gasteiger partial charge is 0.0169 e. The van der Waals surface area contributed by atoms with Crippen LogP contribution in [0.25, 0.3) is 0 Å². The fourth-order valence-electron chi connectivity index (χ4n) is 1.02. The fourth-order valence-corrected chi connectivity index (χ4v) is 1.02. The van der Waals surface area contributed by atoms with Crippen LogP contribution < -0.4 is 0 Å². The summed E-state index contributed by atoms with van der Waals surface area (Å²) in [6, 6.07) is 0. The maximum Gasteiger partial charge on any atom is -0.0169 e. The van der Waals surface area contributed by atoms with Crippen LogP contribution in [0.5, 0.6) is 0 Å². The van der Waals surface area contributed by atoms with Crippen LogP contribution >= 0.6 is 0 Å². The van der Waals surface area contributed by atoms with E-state index >= 15 is 0 Å². The third kappa shape index (κ3) is 4.60. The average molecular weight is 147 g/mol. The SMILES string of the molecule is [CH]1C/C=C\C/C=C\C/C=C\C1. The predicted molar refractivity (Wildman–Crippen MR) is 50.2 cm³/mol. The molecule has 0 aliphatic heterocycles. The van der Waals surface area contributed by atoms with E-state index in [9.17, 15) is 0 Å². The first-order chi connectivity index (χ1) is 5.50. The topological polar surface area (TPSA) is 0 Å². The van der Waals surface area contributed by atoms with Crippen molar-refractivity contribution in [2.75, 3.05) is 0 Å². The third-order valence-electron chi connectivity index (χ3n) is 1.65. The van der Waals surface area contributed by atoms with Crippen LogP contribution in [0, 0.1) is 6.42 Å². The molecule has 0 saturated heterocycles. The Morgan fingerprint density at radius 2 is 0.818 bits per heavy atom. The second-order valence-electron chi connectivity index (χ2n) is 2.65. The summed E-state index contributed by atoms with van der Waals surface area (Å²) < 4.78 is 0. The summed E-state index contributed by atoms with van der Waals surface area (Å²) in [6.07, 6.45) is 20.0. The van der Waals surface area contributed by atoms with E-state index in [1.807, 2.05) is 0 Å². The van der Waals surface area contributed by atoms with Gasteiger partial charge in [0, 0.05) is 0 Å². The van der Waals surface area contributed by atoms with Gasteiger partial charge in [-0.15, -0.1) is 0 Å². The molecule has 0 heteroatoms. The van der Waals surface area contributed by atoms with Gasteiger partial charge in [-0.1, -0.05) is 36.5 Å². The Kier molecular flexibility index (Phi) is 4.51. The van der Waals surface area contributed by atoms with Crippen LogP contribution in [0.2, 0.25) is 0 Å². The van der Waals surface area contributed by atoms with E-state index < -0.39 is 0 Å². The molecule has 0 heterocycles. The molecule has 0 fully saturated rings. The van der Waals surface area contributed by atoms with Gasteiger partial charge in [0.1, 0.15) is 0 Å². The minimum absolute atomic E-state index is 1.08. The molecule has 0 nitrogen and oxygen atoms in total. The van der Waals surface area contributed by atoms with Gasteiger partial charge in [-0.3, -0.25) is 0 Å². The standard InChI is InChI=1S/C11H15/c1-2-4-6-8-10-11-9-7-5-3-1/h1-2,5-8,11H,3-4,9-10H2/b2-1-,7-5-,8-6-. The molecule has 0 N–H and O–H groups in total. The zero-order valence-corrected chi connectivity index (χ0v) is 6.87. The third-order valence-corrected chi connectivity index (χ3v) is 1.65. The Bertz CT molecular complexity index is 143. The lowest BCUT2D eigenvalue weighted by Gasteiger charge is -1.87. The predicted octanol–water partition coefficient (Wildman–Crippen LogP) is 3.43. The normalized spacial score (nSPS) is 28.4. The van der Waals surface area contributed by atoms with E-state index in [4.69, 9.17) is 0 Å². The van der Waals surface area contributed by atoms with E-state index in [0.29, 0.717) is 0 Å². The van der Waals surface area contributed by atoms with Gasteiger partial charge in [0.25, 0.3) is 0 Å². The molecule has 0 aromatic heterocycles. The molecule has 0 saturated carbocycles. The van der Waals surface area contributed by atoms with Gasteiger partial charge in [-0.05, 0) is 32.1 Å². The Morgan fingerprint density at radius 3 is 1.27 bits per heavy atom. The molecule has 0 aromatic carbocycles. The van der Waals surface area contributed by atoms with E-state index in [1.54, 1.807) is 0 Å². The minimum atomic E-state index is 1.08. The fraction of sp³-hybridized carbons (Fsp3) is 0.364. The highest BCUT2D eigenvalue weighted by molar-refractivity contribution is 5.01. The Balaban J connectivity index is 2.34. The van der Waals surface area contributed by atoms with Gasteiger partial charge >= 0.3 is 0 Å². The molecule has 0 spiro atoms. The van der Waals surface area contributed by atoms with Crippen molar-refractivity contribution in [2.45, 2.75) is 25.7 Å². The zero-order valence-electron chi connectivity index (χ0n) is 6.87. The summed E-state index contributed by atoms with van der Waals surface area (Å²) in [5.74, 6) is 0. The van der Waals surface area contributed by atoms with Crippen LogP contribution in [0.1, 0.15) is 25.7 Å². The number of hydrogen-bond acceptors (Lipinski definition) is 0. The van der Waals surface area contributed by atoms with Gasteiger partial charge in [0.05, 0.1) is 0 Å². The van der Waals surface area contributed by atoms with Gasteiger partial charge in [-0.2, -0.15) is 0 Å². The molecule has 1 radical (unpaired) electrons. The van der Waals surface area contributed by atoms with E-state index in [1.165, 1.54) is 0 Å². The Labute approximate surface area is 69.3 Å². The molecule has 1 aliphatic rings. The number of allylic oxidation sites excluding steroid dienone is 6. The zero-order chi connectivity index (χ0) is 7.78. The van der Waals surface area contributed by atoms with Crippen molar-refractivity contribution in [1.29, 1.82) is 0 Å². The lowest BCUT2D eigenvalue weighted by molar-refractivity contribution is 1.09. The van der Waals surface area contributed by atoms with Crippen molar-refractivity contribution in [3.63, 3.8) is 0 Å². The summed E-state index contributed by atoms with van der Waals surface area (Å²) in [5, 5.41) is 0. The monoisotopic (exact) mass is 147 g/mol. The highest BCUT2D eigenvalue weighted by atomic mass is 13.9. The summed E-state index contributed by atoms with van der Waals surface area (Å²) in [6.45, 7) is 0. The van der Waals surface area contributed by atoms with Crippen molar-refractivity contribution >= 4 is 0 Å². The van der Waals surface area contributed by atoms with Crippen molar-refractivity contribution in [3.8, 4) is 0 Å². The number of hydrogen-bond donors (Lipinski definition) is 0. The van der Waals surface area contributed by atoms with Gasteiger partial charge in [0.15, 0.2) is 0 Å². The van der Waals surface area contributed by atoms with E-state index in [2.05, 4.69) is 42.9 Å². The lowest BCUT2D eigenvalue weighted by atomic mass is 10.2. The molecular formula is C11H15. The van der Waals surface area contributed by atoms with Crippen LogP contribution in [0.15, 0.2) is 36.5 Å². The summed E-state index contributed by atoms with van der Waals surface area (Å²) in [4.78, 5) is 0. The maximum absolute atomic E-state index is 2.29. The van der Waals surface area contributed by atoms with Crippen LogP contribution in [0.4, 0.5) is 0 Å². The molecule has 0 atom stereocenters. The molecule has 0 unspecified atom stereocenters. The van der Waals surface area contributed by atoms with Gasteiger partial charge in [0.2, 0.25) is 0 Å². The van der Waals surface area contributed by atoms with Gasteiger partial charge in [-0.25, -0.2) is 0 Å². The molecule has 1 aliphatic carbocycles.